The summed E-state index contributed by atoms with van der Waals surface area (Å²) in [5.41, 5.74) is -3.82. The van der Waals surface area contributed by atoms with Crippen molar-refractivity contribution in [3.05, 3.63) is 35.0 Å². The summed E-state index contributed by atoms with van der Waals surface area (Å²) < 4.78 is 83.8. The standard InChI is InChI=1S/C7HF7/c8-1-2(9)3-4(7(12,13)14)6(11)5(3)10/h1H. The van der Waals surface area contributed by atoms with Crippen molar-refractivity contribution in [3.63, 3.8) is 0 Å². The molecule has 0 radical (unpaired) electrons. The lowest BCUT2D eigenvalue weighted by molar-refractivity contribution is -0.0938. The molecule has 0 aromatic rings. The zero-order chi connectivity index (χ0) is 11.1. The largest absolute Gasteiger partial charge is 0.420 e. The molecule has 0 aliphatic heterocycles. The van der Waals surface area contributed by atoms with Crippen molar-refractivity contribution >= 4 is 0 Å². The third-order valence-corrected chi connectivity index (χ3v) is 1.50. The van der Waals surface area contributed by atoms with Gasteiger partial charge in [-0.1, -0.05) is 0 Å². The summed E-state index contributed by atoms with van der Waals surface area (Å²) in [6.45, 7) is 0. The van der Waals surface area contributed by atoms with E-state index in [0.717, 1.165) is 0 Å². The molecule has 0 unspecified atom stereocenters. The number of halogens is 7. The predicted octanol–water partition coefficient (Wildman–Crippen LogP) is 3.79. The fourth-order valence-electron chi connectivity index (χ4n) is 0.921. The van der Waals surface area contributed by atoms with E-state index in [1.54, 1.807) is 0 Å². The van der Waals surface area contributed by atoms with E-state index in [2.05, 4.69) is 0 Å². The second kappa shape index (κ2) is 3.14. The quantitative estimate of drug-likeness (QED) is 0.587. The van der Waals surface area contributed by atoms with Gasteiger partial charge in [0, 0.05) is 0 Å². The molecular weight excluding hydrogens is 217 g/mol. The van der Waals surface area contributed by atoms with Gasteiger partial charge in [0.25, 0.3) is 0 Å². The minimum absolute atomic E-state index is 0.868. The molecular formula is C7HF7. The zero-order valence-electron chi connectivity index (χ0n) is 6.22. The fourth-order valence-corrected chi connectivity index (χ4v) is 0.921. The Morgan fingerprint density at radius 1 is 1.07 bits per heavy atom. The number of allylic oxidation sites excluding steroid dienone is 5. The summed E-state index contributed by atoms with van der Waals surface area (Å²) in [5, 5.41) is 0. The van der Waals surface area contributed by atoms with Gasteiger partial charge in [-0.15, -0.1) is 0 Å². The van der Waals surface area contributed by atoms with E-state index >= 15 is 0 Å². The Balaban J connectivity index is 3.19. The summed E-state index contributed by atoms with van der Waals surface area (Å²) >= 11 is 0. The van der Waals surface area contributed by atoms with E-state index in [1.165, 1.54) is 0 Å². The Hall–Kier alpha value is -1.27. The van der Waals surface area contributed by atoms with E-state index in [1.807, 2.05) is 0 Å². The molecule has 14 heavy (non-hydrogen) atoms. The lowest BCUT2D eigenvalue weighted by Gasteiger charge is -2.21. The fraction of sp³-hybridized carbons (Fsp3) is 0.143. The van der Waals surface area contributed by atoms with E-state index < -0.39 is 41.1 Å². The predicted molar refractivity (Wildman–Crippen MR) is 32.6 cm³/mol. The highest BCUT2D eigenvalue weighted by Crippen LogP contribution is 2.49. The van der Waals surface area contributed by atoms with Crippen LogP contribution in [0.2, 0.25) is 0 Å². The van der Waals surface area contributed by atoms with Gasteiger partial charge in [0.1, 0.15) is 11.9 Å². The summed E-state index contributed by atoms with van der Waals surface area (Å²) in [4.78, 5) is 0. The number of hydrogen-bond donors (Lipinski definition) is 0. The zero-order valence-corrected chi connectivity index (χ0v) is 6.22. The first-order chi connectivity index (χ1) is 6.30. The van der Waals surface area contributed by atoms with Crippen molar-refractivity contribution in [2.24, 2.45) is 0 Å². The molecule has 7 heteroatoms. The van der Waals surface area contributed by atoms with Crippen LogP contribution in [-0.4, -0.2) is 6.18 Å². The van der Waals surface area contributed by atoms with Crippen LogP contribution in [0.4, 0.5) is 30.7 Å². The van der Waals surface area contributed by atoms with E-state index in [-0.39, 0.29) is 0 Å². The SMILES string of the molecule is FC=C(F)C1=C(C(F)(F)F)C(F)=C1F. The molecule has 0 spiro atoms. The molecule has 0 atom stereocenters. The van der Waals surface area contributed by atoms with Crippen LogP contribution in [0, 0.1) is 0 Å². The van der Waals surface area contributed by atoms with Gasteiger partial charge in [0.05, 0.1) is 5.57 Å². The summed E-state index contributed by atoms with van der Waals surface area (Å²) in [6.07, 6.45) is -6.11. The normalized spacial score (nSPS) is 18.9. The Labute approximate surface area is 73.0 Å². The lowest BCUT2D eigenvalue weighted by atomic mass is 9.93. The lowest BCUT2D eigenvalue weighted by Crippen LogP contribution is -2.22. The average Bonchev–Trinajstić information content (AvgIpc) is 2.09. The average molecular weight is 218 g/mol. The van der Waals surface area contributed by atoms with Crippen molar-refractivity contribution in [1.29, 1.82) is 0 Å². The maximum absolute atomic E-state index is 12.3. The Morgan fingerprint density at radius 3 is 1.93 bits per heavy atom. The van der Waals surface area contributed by atoms with Crippen LogP contribution in [0.1, 0.15) is 0 Å². The summed E-state index contributed by atoms with van der Waals surface area (Å²) in [7, 11) is 0. The van der Waals surface area contributed by atoms with Crippen molar-refractivity contribution in [2.75, 3.05) is 0 Å². The molecule has 0 N–H and O–H groups in total. The van der Waals surface area contributed by atoms with Crippen molar-refractivity contribution < 1.29 is 30.7 Å². The Morgan fingerprint density at radius 2 is 1.57 bits per heavy atom. The second-order valence-corrected chi connectivity index (χ2v) is 2.33. The highest BCUT2D eigenvalue weighted by Gasteiger charge is 2.49. The van der Waals surface area contributed by atoms with Gasteiger partial charge in [0.15, 0.2) is 17.5 Å². The van der Waals surface area contributed by atoms with Crippen LogP contribution >= 0.6 is 0 Å². The van der Waals surface area contributed by atoms with Crippen LogP contribution in [0.15, 0.2) is 35.0 Å². The molecule has 0 saturated carbocycles. The number of hydrogen-bond acceptors (Lipinski definition) is 0. The van der Waals surface area contributed by atoms with E-state index in [0.29, 0.717) is 0 Å². The first-order valence-corrected chi connectivity index (χ1v) is 3.14. The van der Waals surface area contributed by atoms with Gasteiger partial charge in [-0.05, 0) is 0 Å². The second-order valence-electron chi connectivity index (χ2n) is 2.33. The smallest absolute Gasteiger partial charge is 0.212 e. The maximum atomic E-state index is 12.3. The number of alkyl halides is 3. The molecule has 0 nitrogen and oxygen atoms in total. The van der Waals surface area contributed by atoms with Gasteiger partial charge >= 0.3 is 6.18 Å². The molecule has 0 aromatic carbocycles. The van der Waals surface area contributed by atoms with Crippen molar-refractivity contribution in [3.8, 4) is 0 Å². The summed E-state index contributed by atoms with van der Waals surface area (Å²) in [5.74, 6) is -6.32. The molecule has 1 aliphatic carbocycles. The topological polar surface area (TPSA) is 0 Å². The Bertz CT molecular complexity index is 349. The van der Waals surface area contributed by atoms with Gasteiger partial charge in [-0.25, -0.2) is 17.6 Å². The molecule has 78 valence electrons. The highest BCUT2D eigenvalue weighted by molar-refractivity contribution is 5.62. The molecule has 0 amide bonds. The monoisotopic (exact) mass is 218 g/mol. The molecule has 0 heterocycles. The Kier molecular flexibility index (Phi) is 2.43. The maximum Gasteiger partial charge on any atom is 0.420 e. The molecule has 0 fully saturated rings. The molecule has 0 saturated heterocycles. The minimum Gasteiger partial charge on any atom is -0.212 e. The van der Waals surface area contributed by atoms with Gasteiger partial charge in [-0.2, -0.15) is 13.2 Å². The van der Waals surface area contributed by atoms with Gasteiger partial charge in [-0.3, -0.25) is 0 Å². The van der Waals surface area contributed by atoms with E-state index in [4.69, 9.17) is 0 Å². The van der Waals surface area contributed by atoms with Gasteiger partial charge < -0.3 is 0 Å². The van der Waals surface area contributed by atoms with Crippen LogP contribution in [0.5, 0.6) is 0 Å². The molecule has 0 bridgehead atoms. The van der Waals surface area contributed by atoms with Crippen molar-refractivity contribution in [2.45, 2.75) is 6.18 Å². The van der Waals surface area contributed by atoms with Crippen LogP contribution in [0.3, 0.4) is 0 Å². The molecule has 1 rings (SSSR count). The first-order valence-electron chi connectivity index (χ1n) is 3.14. The first kappa shape index (κ1) is 10.8. The van der Waals surface area contributed by atoms with Crippen LogP contribution < -0.4 is 0 Å². The molecule has 1 aliphatic rings. The van der Waals surface area contributed by atoms with Gasteiger partial charge in [0.2, 0.25) is 0 Å². The summed E-state index contributed by atoms with van der Waals surface area (Å²) in [6, 6.07) is 0. The minimum atomic E-state index is -5.24. The third kappa shape index (κ3) is 1.42. The highest BCUT2D eigenvalue weighted by atomic mass is 19.4. The van der Waals surface area contributed by atoms with Crippen LogP contribution in [0.25, 0.3) is 0 Å². The number of rotatable bonds is 1. The van der Waals surface area contributed by atoms with E-state index in [9.17, 15) is 30.7 Å². The van der Waals surface area contributed by atoms with Crippen molar-refractivity contribution in [1.82, 2.24) is 0 Å². The molecule has 0 aromatic heterocycles. The third-order valence-electron chi connectivity index (χ3n) is 1.50. The van der Waals surface area contributed by atoms with Crippen LogP contribution in [-0.2, 0) is 0 Å².